The summed E-state index contributed by atoms with van der Waals surface area (Å²) < 4.78 is 46.0. The first kappa shape index (κ1) is 33.7. The zero-order valence-electron chi connectivity index (χ0n) is 28.5. The standard InChI is InChI=1S/C35H41F2N5O5Si/c1-9-45-28(43)19-41-26-16-25(29-22(31(41)44)11-10-12-27(29)46-33(36)37)42-24-15-20(13-14-23(24)40-30(26)42)21-17-38-32(39-18-21)35(5,6)47-48(7,8)34(2,3)4/h10-15,17-18,25-26,33H,9,16,19H2,1-8H3/t25-,26-/m1/s1. The van der Waals surface area contributed by atoms with Crippen LogP contribution in [0.4, 0.5) is 8.78 Å². The minimum atomic E-state index is -3.09. The van der Waals surface area contributed by atoms with Crippen LogP contribution in [0.15, 0.2) is 48.8 Å². The highest BCUT2D eigenvalue weighted by atomic mass is 28.4. The van der Waals surface area contributed by atoms with Crippen molar-refractivity contribution in [1.82, 2.24) is 24.4 Å². The highest BCUT2D eigenvalue weighted by molar-refractivity contribution is 6.74. The summed E-state index contributed by atoms with van der Waals surface area (Å²) in [6.07, 6.45) is 3.87. The van der Waals surface area contributed by atoms with Gasteiger partial charge in [-0.25, -0.2) is 15.0 Å². The molecule has 6 rings (SSSR count). The maximum absolute atomic E-state index is 13.9. The first-order chi connectivity index (χ1) is 22.5. The molecule has 0 radical (unpaired) electrons. The fourth-order valence-electron chi connectivity index (χ4n) is 6.51. The first-order valence-electron chi connectivity index (χ1n) is 16.1. The summed E-state index contributed by atoms with van der Waals surface area (Å²) in [5.74, 6) is 0.0151. The normalized spacial score (nSPS) is 17.8. The lowest BCUT2D eigenvalue weighted by Gasteiger charge is -2.42. The number of carbonyl (C=O) groups excluding carboxylic acids is 2. The highest BCUT2D eigenvalue weighted by Gasteiger charge is 2.47. The van der Waals surface area contributed by atoms with E-state index in [9.17, 15) is 18.4 Å². The van der Waals surface area contributed by atoms with E-state index in [2.05, 4.69) is 33.9 Å². The van der Waals surface area contributed by atoms with Gasteiger partial charge in [-0.3, -0.25) is 9.59 Å². The van der Waals surface area contributed by atoms with E-state index in [4.69, 9.17) is 28.9 Å². The van der Waals surface area contributed by atoms with Gasteiger partial charge < -0.3 is 23.4 Å². The molecule has 10 nitrogen and oxygen atoms in total. The number of carbonyl (C=O) groups is 2. The summed E-state index contributed by atoms with van der Waals surface area (Å²) in [6.45, 7) is 13.4. The quantitative estimate of drug-likeness (QED) is 0.133. The Balaban J connectivity index is 1.43. The van der Waals surface area contributed by atoms with E-state index in [1.165, 1.54) is 17.0 Å². The molecule has 4 heterocycles. The Morgan fingerprint density at radius 3 is 2.40 bits per heavy atom. The number of aromatic nitrogens is 4. The van der Waals surface area contributed by atoms with Crippen molar-refractivity contribution in [2.45, 2.75) is 90.4 Å². The molecule has 0 unspecified atom stereocenters. The van der Waals surface area contributed by atoms with E-state index in [1.807, 2.05) is 36.6 Å². The molecule has 2 bridgehead atoms. The third-order valence-corrected chi connectivity index (χ3v) is 14.3. The highest BCUT2D eigenvalue weighted by Crippen LogP contribution is 2.50. The number of amides is 1. The van der Waals surface area contributed by atoms with Gasteiger partial charge in [0, 0.05) is 35.5 Å². The number of nitrogens with zero attached hydrogens (tertiary/aromatic N) is 5. The number of hydrogen-bond donors (Lipinski definition) is 0. The van der Waals surface area contributed by atoms with Crippen LogP contribution < -0.4 is 4.74 Å². The van der Waals surface area contributed by atoms with Crippen molar-refractivity contribution in [1.29, 1.82) is 0 Å². The van der Waals surface area contributed by atoms with Crippen molar-refractivity contribution in [3.63, 3.8) is 0 Å². The fraction of sp³-hybridized carbons (Fsp3) is 0.457. The van der Waals surface area contributed by atoms with Gasteiger partial charge in [-0.1, -0.05) is 32.9 Å². The summed E-state index contributed by atoms with van der Waals surface area (Å²) in [5, 5.41) is 0.0262. The average molecular weight is 678 g/mol. The second-order valence-electron chi connectivity index (χ2n) is 14.3. The molecular weight excluding hydrogens is 636 g/mol. The van der Waals surface area contributed by atoms with Crippen LogP contribution in [0.3, 0.4) is 0 Å². The zero-order chi connectivity index (χ0) is 34.8. The fourth-order valence-corrected chi connectivity index (χ4v) is 8.18. The van der Waals surface area contributed by atoms with Gasteiger partial charge in [0.15, 0.2) is 14.1 Å². The van der Waals surface area contributed by atoms with Crippen LogP contribution in [0.2, 0.25) is 18.1 Å². The maximum Gasteiger partial charge on any atom is 0.387 e. The van der Waals surface area contributed by atoms with E-state index in [-0.39, 0.29) is 29.5 Å². The Labute approximate surface area is 279 Å². The number of esters is 1. The summed E-state index contributed by atoms with van der Waals surface area (Å²) in [6, 6.07) is 9.13. The second-order valence-corrected chi connectivity index (χ2v) is 19.0. The molecule has 0 saturated heterocycles. The molecule has 0 spiro atoms. The lowest BCUT2D eigenvalue weighted by Crippen LogP contribution is -2.46. The molecule has 1 amide bonds. The Bertz CT molecular complexity index is 1890. The summed E-state index contributed by atoms with van der Waals surface area (Å²) in [5.41, 5.74) is 2.84. The number of ether oxygens (including phenoxy) is 2. The number of halogens is 2. The Morgan fingerprint density at radius 1 is 1.04 bits per heavy atom. The molecule has 13 heteroatoms. The van der Waals surface area contributed by atoms with Gasteiger partial charge in [0.1, 0.15) is 23.7 Å². The van der Waals surface area contributed by atoms with Crippen LogP contribution in [0.25, 0.3) is 22.2 Å². The van der Waals surface area contributed by atoms with Gasteiger partial charge in [0.25, 0.3) is 5.91 Å². The predicted octanol–water partition coefficient (Wildman–Crippen LogP) is 7.40. The number of rotatable bonds is 9. The van der Waals surface area contributed by atoms with Crippen molar-refractivity contribution >= 4 is 31.2 Å². The van der Waals surface area contributed by atoms with Crippen LogP contribution in [0, 0.1) is 0 Å². The third kappa shape index (κ3) is 5.87. The molecule has 0 saturated carbocycles. The molecule has 48 heavy (non-hydrogen) atoms. The van der Waals surface area contributed by atoms with Gasteiger partial charge in [-0.2, -0.15) is 8.78 Å². The van der Waals surface area contributed by atoms with Crippen molar-refractivity contribution in [3.8, 4) is 16.9 Å². The summed E-state index contributed by atoms with van der Waals surface area (Å²) in [4.78, 5) is 42.3. The molecule has 4 aromatic rings. The van der Waals surface area contributed by atoms with E-state index in [0.717, 1.165) is 16.6 Å². The summed E-state index contributed by atoms with van der Waals surface area (Å²) in [7, 11) is -2.10. The van der Waals surface area contributed by atoms with Crippen LogP contribution in [0.5, 0.6) is 5.75 Å². The summed E-state index contributed by atoms with van der Waals surface area (Å²) >= 11 is 0. The molecule has 2 aliphatic heterocycles. The van der Waals surface area contributed by atoms with E-state index >= 15 is 0 Å². The van der Waals surface area contributed by atoms with Crippen molar-refractivity contribution in [3.05, 3.63) is 71.6 Å². The lowest BCUT2D eigenvalue weighted by molar-refractivity contribution is -0.144. The molecular formula is C35H41F2N5O5Si. The van der Waals surface area contributed by atoms with Gasteiger partial charge in [0.05, 0.1) is 29.7 Å². The van der Waals surface area contributed by atoms with Gasteiger partial charge in [-0.15, -0.1) is 0 Å². The van der Waals surface area contributed by atoms with Crippen LogP contribution in [-0.2, 0) is 19.6 Å². The van der Waals surface area contributed by atoms with Crippen LogP contribution in [-0.4, -0.2) is 64.4 Å². The molecule has 2 aromatic heterocycles. The molecule has 2 atom stereocenters. The second kappa shape index (κ2) is 12.0. The molecule has 0 fully saturated rings. The minimum Gasteiger partial charge on any atom is -0.465 e. The number of fused-ring (bicyclic) bond motifs is 9. The smallest absolute Gasteiger partial charge is 0.387 e. The number of alkyl halides is 2. The predicted molar refractivity (Wildman–Crippen MR) is 178 cm³/mol. The van der Waals surface area contributed by atoms with Crippen molar-refractivity contribution in [2.75, 3.05) is 13.2 Å². The van der Waals surface area contributed by atoms with Crippen LogP contribution in [0.1, 0.15) is 87.6 Å². The van der Waals surface area contributed by atoms with E-state index in [1.54, 1.807) is 25.4 Å². The van der Waals surface area contributed by atoms with Gasteiger partial charge >= 0.3 is 12.6 Å². The molecule has 2 aliphatic rings. The molecule has 254 valence electrons. The number of hydrogen-bond acceptors (Lipinski definition) is 8. The largest absolute Gasteiger partial charge is 0.465 e. The van der Waals surface area contributed by atoms with Crippen LogP contribution >= 0.6 is 0 Å². The molecule has 0 N–H and O–H groups in total. The number of benzene rings is 2. The van der Waals surface area contributed by atoms with Gasteiger partial charge in [-0.05, 0) is 68.7 Å². The Hall–Kier alpha value is -4.23. The molecule has 0 aliphatic carbocycles. The first-order valence-corrected chi connectivity index (χ1v) is 19.0. The third-order valence-electron chi connectivity index (χ3n) is 9.70. The lowest BCUT2D eigenvalue weighted by atomic mass is 9.97. The van der Waals surface area contributed by atoms with Crippen molar-refractivity contribution < 1.29 is 32.3 Å². The topological polar surface area (TPSA) is 109 Å². The number of imidazole rings is 1. The monoisotopic (exact) mass is 677 g/mol. The molecule has 2 aromatic carbocycles. The zero-order valence-corrected chi connectivity index (χ0v) is 29.5. The van der Waals surface area contributed by atoms with E-state index < -0.39 is 44.5 Å². The van der Waals surface area contributed by atoms with E-state index in [0.29, 0.717) is 29.1 Å². The van der Waals surface area contributed by atoms with Gasteiger partial charge in [0.2, 0.25) is 0 Å². The maximum atomic E-state index is 13.9. The Morgan fingerprint density at radius 2 is 1.75 bits per heavy atom. The Kier molecular flexibility index (Phi) is 8.43. The average Bonchev–Trinajstić information content (AvgIpc) is 3.52. The van der Waals surface area contributed by atoms with Crippen molar-refractivity contribution in [2.24, 2.45) is 0 Å². The minimum absolute atomic E-state index is 0.0262. The SMILES string of the molecule is CCOC(=O)CN1C(=O)c2cccc(OC(F)F)c2[C@H]2C[C@@H]1c1nc3ccc(-c4cnc(C(C)(C)O[Si](C)(C)C(C)(C)C)nc4)cc3n12.